The number of hydrogen-bond donors (Lipinski definition) is 0. The average Bonchev–Trinajstić information content (AvgIpc) is 3.40. The predicted octanol–water partition coefficient (Wildman–Crippen LogP) is 4.73. The summed E-state index contributed by atoms with van der Waals surface area (Å²) in [6, 6.07) is 7.34. The maximum absolute atomic E-state index is 14.0. The minimum absolute atomic E-state index is 0.224. The van der Waals surface area contributed by atoms with Gasteiger partial charge in [-0.3, -0.25) is 4.98 Å². The quantitative estimate of drug-likeness (QED) is 0.820. The molecule has 2 aromatic rings. The van der Waals surface area contributed by atoms with Crippen molar-refractivity contribution in [3.8, 4) is 11.5 Å². The molecule has 1 aliphatic heterocycles. The van der Waals surface area contributed by atoms with Gasteiger partial charge in [0.05, 0.1) is 5.69 Å². The molecule has 2 aliphatic rings. The Morgan fingerprint density at radius 1 is 1.13 bits per heavy atom. The summed E-state index contributed by atoms with van der Waals surface area (Å²) in [5.74, 6) is 1.28. The van der Waals surface area contributed by atoms with Crippen molar-refractivity contribution in [1.82, 2.24) is 4.98 Å². The first-order valence-corrected chi connectivity index (χ1v) is 8.21. The second kappa shape index (κ2) is 5.52. The van der Waals surface area contributed by atoms with Gasteiger partial charge in [-0.1, -0.05) is 26.0 Å². The van der Waals surface area contributed by atoms with Gasteiger partial charge in [0.15, 0.2) is 23.4 Å². The molecule has 4 heteroatoms. The molecule has 120 valence electrons. The number of rotatable bonds is 3. The Hall–Kier alpha value is -2.10. The minimum atomic E-state index is -0.375. The second-order valence-corrected chi connectivity index (χ2v) is 6.66. The molecule has 0 amide bonds. The molecule has 0 unspecified atom stereocenters. The van der Waals surface area contributed by atoms with Gasteiger partial charge in [-0.2, -0.15) is 0 Å². The molecule has 0 N–H and O–H groups in total. The molecular formula is C19H20FNO2. The molecule has 1 aliphatic carbocycles. The SMILES string of the molecule is CC(C)c1ccc(F)c2c1O[C@H](c1ccc(C3CC3)cn1)CO2. The zero-order valence-electron chi connectivity index (χ0n) is 13.4. The lowest BCUT2D eigenvalue weighted by Crippen LogP contribution is -2.24. The van der Waals surface area contributed by atoms with Gasteiger partial charge < -0.3 is 9.47 Å². The first kappa shape index (κ1) is 14.5. The summed E-state index contributed by atoms with van der Waals surface area (Å²) < 4.78 is 25.7. The largest absolute Gasteiger partial charge is 0.483 e. The van der Waals surface area contributed by atoms with Crippen LogP contribution in [0.2, 0.25) is 0 Å². The average molecular weight is 313 g/mol. The number of ether oxygens (including phenoxy) is 2. The zero-order chi connectivity index (χ0) is 16.0. The molecule has 3 nitrogen and oxygen atoms in total. The van der Waals surface area contributed by atoms with Crippen LogP contribution >= 0.6 is 0 Å². The second-order valence-electron chi connectivity index (χ2n) is 6.66. The molecule has 1 saturated carbocycles. The van der Waals surface area contributed by atoms with Gasteiger partial charge in [-0.15, -0.1) is 0 Å². The van der Waals surface area contributed by atoms with E-state index in [1.165, 1.54) is 24.5 Å². The van der Waals surface area contributed by atoms with E-state index < -0.39 is 0 Å². The van der Waals surface area contributed by atoms with E-state index in [0.717, 1.165) is 11.3 Å². The topological polar surface area (TPSA) is 31.4 Å². The summed E-state index contributed by atoms with van der Waals surface area (Å²) in [4.78, 5) is 4.53. The summed E-state index contributed by atoms with van der Waals surface area (Å²) in [6.45, 7) is 4.40. The molecule has 0 radical (unpaired) electrons. The predicted molar refractivity (Wildman–Crippen MR) is 85.6 cm³/mol. The lowest BCUT2D eigenvalue weighted by molar-refractivity contribution is 0.0823. The van der Waals surface area contributed by atoms with Gasteiger partial charge in [-0.25, -0.2) is 4.39 Å². The van der Waals surface area contributed by atoms with Crippen molar-refractivity contribution in [2.75, 3.05) is 6.61 Å². The Morgan fingerprint density at radius 3 is 2.61 bits per heavy atom. The smallest absolute Gasteiger partial charge is 0.197 e. The highest BCUT2D eigenvalue weighted by molar-refractivity contribution is 5.50. The Kier molecular flexibility index (Phi) is 3.47. The standard InChI is InChI=1S/C19H20FNO2/c1-11(2)14-6-7-15(20)19-18(14)23-17(10-22-19)16-8-5-13(9-21-16)12-3-4-12/h5-9,11-12,17H,3-4,10H2,1-2H3/t17-/m0/s1. The van der Waals surface area contributed by atoms with Crippen LogP contribution in [-0.2, 0) is 0 Å². The maximum Gasteiger partial charge on any atom is 0.197 e. The molecule has 0 spiro atoms. The summed E-state index contributed by atoms with van der Waals surface area (Å²) in [6.07, 6.45) is 4.15. The molecule has 2 heterocycles. The van der Waals surface area contributed by atoms with Crippen molar-refractivity contribution in [3.05, 3.63) is 53.1 Å². The minimum Gasteiger partial charge on any atom is -0.483 e. The molecule has 0 bridgehead atoms. The zero-order valence-corrected chi connectivity index (χ0v) is 13.4. The van der Waals surface area contributed by atoms with Gasteiger partial charge in [0.1, 0.15) is 6.61 Å². The molecule has 1 aromatic carbocycles. The van der Waals surface area contributed by atoms with E-state index in [2.05, 4.69) is 24.9 Å². The molecular weight excluding hydrogens is 293 g/mol. The third kappa shape index (κ3) is 2.67. The number of aromatic nitrogens is 1. The Balaban J connectivity index is 1.63. The van der Waals surface area contributed by atoms with E-state index in [1.807, 2.05) is 12.3 Å². The number of benzene rings is 1. The van der Waals surface area contributed by atoms with Gasteiger partial charge in [0.2, 0.25) is 0 Å². The van der Waals surface area contributed by atoms with Crippen molar-refractivity contribution >= 4 is 0 Å². The summed E-state index contributed by atoms with van der Waals surface area (Å²) in [7, 11) is 0. The molecule has 1 fully saturated rings. The first-order chi connectivity index (χ1) is 11.1. The van der Waals surface area contributed by atoms with Crippen molar-refractivity contribution in [2.24, 2.45) is 0 Å². The van der Waals surface area contributed by atoms with E-state index in [0.29, 0.717) is 11.7 Å². The molecule has 23 heavy (non-hydrogen) atoms. The Morgan fingerprint density at radius 2 is 1.96 bits per heavy atom. The lowest BCUT2D eigenvalue weighted by atomic mass is 10.0. The Bertz CT molecular complexity index is 723. The van der Waals surface area contributed by atoms with Crippen LogP contribution < -0.4 is 9.47 Å². The third-order valence-electron chi connectivity index (χ3n) is 4.54. The van der Waals surface area contributed by atoms with E-state index in [4.69, 9.17) is 9.47 Å². The highest BCUT2D eigenvalue weighted by Crippen LogP contribution is 2.44. The van der Waals surface area contributed by atoms with Gasteiger partial charge in [0.25, 0.3) is 0 Å². The monoisotopic (exact) mass is 313 g/mol. The number of pyridine rings is 1. The van der Waals surface area contributed by atoms with Crippen molar-refractivity contribution < 1.29 is 13.9 Å². The molecule has 1 aromatic heterocycles. The first-order valence-electron chi connectivity index (χ1n) is 8.21. The van der Waals surface area contributed by atoms with Gasteiger partial charge in [-0.05, 0) is 42.4 Å². The Labute approximate surface area is 135 Å². The van der Waals surface area contributed by atoms with Crippen molar-refractivity contribution in [1.29, 1.82) is 0 Å². The molecule has 4 rings (SSSR count). The highest BCUT2D eigenvalue weighted by atomic mass is 19.1. The number of nitrogens with zero attached hydrogens (tertiary/aromatic N) is 1. The number of fused-ring (bicyclic) bond motifs is 1. The summed E-state index contributed by atoms with van der Waals surface area (Å²) in [5.41, 5.74) is 3.08. The highest BCUT2D eigenvalue weighted by Gasteiger charge is 2.30. The maximum atomic E-state index is 14.0. The van der Waals surface area contributed by atoms with Crippen LogP contribution in [0.4, 0.5) is 4.39 Å². The van der Waals surface area contributed by atoms with Crippen LogP contribution in [0.25, 0.3) is 0 Å². The summed E-state index contributed by atoms with van der Waals surface area (Å²) >= 11 is 0. The van der Waals surface area contributed by atoms with Crippen LogP contribution in [0.1, 0.15) is 61.4 Å². The van der Waals surface area contributed by atoms with E-state index in [1.54, 1.807) is 6.07 Å². The fraction of sp³-hybridized carbons (Fsp3) is 0.421. The number of hydrogen-bond acceptors (Lipinski definition) is 3. The van der Waals surface area contributed by atoms with Crippen LogP contribution in [0.15, 0.2) is 30.5 Å². The van der Waals surface area contributed by atoms with Crippen LogP contribution in [0, 0.1) is 5.82 Å². The number of halogens is 1. The van der Waals surface area contributed by atoms with Crippen molar-refractivity contribution in [2.45, 2.75) is 44.6 Å². The fourth-order valence-electron chi connectivity index (χ4n) is 3.01. The van der Waals surface area contributed by atoms with E-state index in [9.17, 15) is 4.39 Å². The third-order valence-corrected chi connectivity index (χ3v) is 4.54. The van der Waals surface area contributed by atoms with Crippen molar-refractivity contribution in [3.63, 3.8) is 0 Å². The van der Waals surface area contributed by atoms with E-state index in [-0.39, 0.29) is 30.2 Å². The van der Waals surface area contributed by atoms with Gasteiger partial charge >= 0.3 is 0 Å². The summed E-state index contributed by atoms with van der Waals surface area (Å²) in [5, 5.41) is 0. The lowest BCUT2D eigenvalue weighted by Gasteiger charge is -2.29. The van der Waals surface area contributed by atoms with Crippen LogP contribution in [-0.4, -0.2) is 11.6 Å². The molecule has 1 atom stereocenters. The van der Waals surface area contributed by atoms with Gasteiger partial charge in [0, 0.05) is 11.8 Å². The van der Waals surface area contributed by atoms with E-state index >= 15 is 0 Å². The van der Waals surface area contributed by atoms with Crippen LogP contribution in [0.5, 0.6) is 11.5 Å². The normalized spacial score (nSPS) is 19.9. The molecule has 0 saturated heterocycles. The van der Waals surface area contributed by atoms with Crippen LogP contribution in [0.3, 0.4) is 0 Å². The fourth-order valence-corrected chi connectivity index (χ4v) is 3.01.